The van der Waals surface area contributed by atoms with Crippen LogP contribution in [0.4, 0.5) is 5.82 Å². The van der Waals surface area contributed by atoms with Crippen molar-refractivity contribution in [2.24, 2.45) is 0 Å². The van der Waals surface area contributed by atoms with E-state index >= 15 is 0 Å². The Kier molecular flexibility index (Phi) is 5.67. The summed E-state index contributed by atoms with van der Waals surface area (Å²) in [4.78, 5) is 40.0. The number of nitrogens with zero attached hydrogens (tertiary/aromatic N) is 5. The first-order chi connectivity index (χ1) is 16.2. The van der Waals surface area contributed by atoms with E-state index in [-0.39, 0.29) is 18.4 Å². The van der Waals surface area contributed by atoms with Crippen molar-refractivity contribution in [2.75, 3.05) is 24.7 Å². The lowest BCUT2D eigenvalue weighted by Crippen LogP contribution is -2.25. The molecule has 9 nitrogen and oxygen atoms in total. The zero-order valence-electron chi connectivity index (χ0n) is 17.9. The van der Waals surface area contributed by atoms with Gasteiger partial charge in [0.05, 0.1) is 24.0 Å². The van der Waals surface area contributed by atoms with E-state index in [9.17, 15) is 9.59 Å². The summed E-state index contributed by atoms with van der Waals surface area (Å²) >= 11 is 0. The van der Waals surface area contributed by atoms with Crippen LogP contribution in [0.2, 0.25) is 0 Å². The molecule has 1 fully saturated rings. The van der Waals surface area contributed by atoms with Crippen molar-refractivity contribution in [3.8, 4) is 11.3 Å². The van der Waals surface area contributed by atoms with Crippen LogP contribution in [-0.4, -0.2) is 51.1 Å². The van der Waals surface area contributed by atoms with Gasteiger partial charge in [-0.05, 0) is 24.6 Å². The molecule has 2 aromatic heterocycles. The molecule has 2 amide bonds. The van der Waals surface area contributed by atoms with Gasteiger partial charge in [0.25, 0.3) is 5.91 Å². The summed E-state index contributed by atoms with van der Waals surface area (Å²) in [5.74, 6) is 0.448. The van der Waals surface area contributed by atoms with E-state index in [0.29, 0.717) is 41.3 Å². The number of hydrogen-bond donors (Lipinski definition) is 2. The molecule has 4 aromatic rings. The van der Waals surface area contributed by atoms with Crippen LogP contribution < -0.4 is 15.5 Å². The number of nitrogens with one attached hydrogen (secondary N) is 2. The first-order valence-electron chi connectivity index (χ1n) is 10.8. The molecule has 0 aliphatic carbocycles. The van der Waals surface area contributed by atoms with Crippen LogP contribution in [0.1, 0.15) is 16.8 Å². The number of benzene rings is 2. The number of hydrogen-bond acceptors (Lipinski definition) is 6. The molecule has 166 valence electrons. The second kappa shape index (κ2) is 9.07. The third-order valence-corrected chi connectivity index (χ3v) is 5.49. The largest absolute Gasteiger partial charge is 0.352 e. The molecule has 0 atom stereocenters. The topological polar surface area (TPSA) is 105 Å². The molecule has 2 N–H and O–H groups in total. The Bertz CT molecular complexity index is 1290. The Morgan fingerprint density at radius 2 is 1.97 bits per heavy atom. The molecule has 5 rings (SSSR count). The molecular weight excluding hydrogens is 418 g/mol. The van der Waals surface area contributed by atoms with Gasteiger partial charge in [-0.2, -0.15) is 0 Å². The van der Waals surface area contributed by atoms with Gasteiger partial charge in [0, 0.05) is 36.6 Å². The van der Waals surface area contributed by atoms with Crippen molar-refractivity contribution in [3.05, 3.63) is 72.8 Å². The number of fused-ring (bicyclic) bond motifs is 1. The van der Waals surface area contributed by atoms with Crippen LogP contribution >= 0.6 is 0 Å². The van der Waals surface area contributed by atoms with E-state index in [4.69, 9.17) is 9.97 Å². The van der Waals surface area contributed by atoms with Gasteiger partial charge < -0.3 is 20.1 Å². The third kappa shape index (κ3) is 4.52. The van der Waals surface area contributed by atoms with Crippen LogP contribution in [0.15, 0.2) is 67.3 Å². The number of aromatic nitrogens is 4. The predicted molar refractivity (Wildman–Crippen MR) is 125 cm³/mol. The van der Waals surface area contributed by atoms with Gasteiger partial charge in [0.1, 0.15) is 12.2 Å². The summed E-state index contributed by atoms with van der Waals surface area (Å²) in [6, 6.07) is 15.0. The number of carbonyl (C=O) groups is 2. The number of amides is 2. The second-order valence-corrected chi connectivity index (χ2v) is 7.83. The van der Waals surface area contributed by atoms with Crippen molar-refractivity contribution in [2.45, 2.75) is 13.0 Å². The Labute approximate surface area is 190 Å². The van der Waals surface area contributed by atoms with Crippen molar-refractivity contribution in [3.63, 3.8) is 0 Å². The molecule has 33 heavy (non-hydrogen) atoms. The molecule has 0 saturated carbocycles. The van der Waals surface area contributed by atoms with E-state index in [1.807, 2.05) is 46.0 Å². The summed E-state index contributed by atoms with van der Waals surface area (Å²) < 4.78 is 1.98. The molecule has 9 heteroatoms. The normalized spacial score (nSPS) is 13.3. The lowest BCUT2D eigenvalue weighted by atomic mass is 10.1. The SMILES string of the molecule is O=C1CN(c2nc3ccc(C(=O)NCCCn4ccnc4)cc3nc2-c2ccccc2)CN1. The monoisotopic (exact) mass is 441 g/mol. The highest BCUT2D eigenvalue weighted by Gasteiger charge is 2.24. The second-order valence-electron chi connectivity index (χ2n) is 7.83. The third-order valence-electron chi connectivity index (χ3n) is 5.49. The minimum Gasteiger partial charge on any atom is -0.352 e. The van der Waals surface area contributed by atoms with Gasteiger partial charge in [-0.1, -0.05) is 30.3 Å². The van der Waals surface area contributed by atoms with Gasteiger partial charge in [-0.25, -0.2) is 15.0 Å². The first kappa shape index (κ1) is 20.6. The Balaban J connectivity index is 1.40. The fraction of sp³-hybridized carbons (Fsp3) is 0.208. The predicted octanol–water partition coefficient (Wildman–Crippen LogP) is 2.21. The van der Waals surface area contributed by atoms with Gasteiger partial charge in [0.2, 0.25) is 5.91 Å². The lowest BCUT2D eigenvalue weighted by Gasteiger charge is -2.18. The smallest absolute Gasteiger partial charge is 0.251 e. The minimum absolute atomic E-state index is 0.0454. The van der Waals surface area contributed by atoms with Crippen LogP contribution in [-0.2, 0) is 11.3 Å². The zero-order valence-corrected chi connectivity index (χ0v) is 17.9. The van der Waals surface area contributed by atoms with E-state index in [2.05, 4.69) is 15.6 Å². The maximum Gasteiger partial charge on any atom is 0.251 e. The highest BCUT2D eigenvalue weighted by atomic mass is 16.2. The molecule has 0 bridgehead atoms. The standard InChI is InChI=1S/C24H23N7O2/c32-21-14-31(16-27-21)23-22(17-5-2-1-3-6-17)28-20-13-18(7-8-19(20)29-23)24(33)26-9-4-11-30-12-10-25-15-30/h1-3,5-8,10,12-13,15H,4,9,11,14,16H2,(H,26,33)(H,27,32). The Hall–Kier alpha value is -4.27. The van der Waals surface area contributed by atoms with Crippen molar-refractivity contribution in [1.82, 2.24) is 30.2 Å². The highest BCUT2D eigenvalue weighted by molar-refractivity contribution is 5.98. The summed E-state index contributed by atoms with van der Waals surface area (Å²) in [5.41, 5.74) is 3.40. The van der Waals surface area contributed by atoms with Crippen LogP contribution in [0.5, 0.6) is 0 Å². The lowest BCUT2D eigenvalue weighted by molar-refractivity contribution is -0.118. The van der Waals surface area contributed by atoms with Crippen LogP contribution in [0.25, 0.3) is 22.3 Å². The van der Waals surface area contributed by atoms with Gasteiger partial charge in [0.15, 0.2) is 5.82 Å². The number of anilines is 1. The van der Waals surface area contributed by atoms with Crippen LogP contribution in [0.3, 0.4) is 0 Å². The average Bonchev–Trinajstić information content (AvgIpc) is 3.53. The van der Waals surface area contributed by atoms with Crippen molar-refractivity contribution < 1.29 is 9.59 Å². The molecule has 0 spiro atoms. The molecule has 1 aliphatic rings. The van der Waals surface area contributed by atoms with E-state index < -0.39 is 0 Å². The maximum atomic E-state index is 12.7. The van der Waals surface area contributed by atoms with Gasteiger partial charge >= 0.3 is 0 Å². The van der Waals surface area contributed by atoms with Gasteiger partial charge in [-0.3, -0.25) is 9.59 Å². The van der Waals surface area contributed by atoms with E-state index in [1.165, 1.54) is 0 Å². The van der Waals surface area contributed by atoms with E-state index in [1.54, 1.807) is 30.7 Å². The summed E-state index contributed by atoms with van der Waals surface area (Å²) in [6.45, 7) is 1.98. The number of carbonyl (C=O) groups excluding carboxylic acids is 2. The number of imidazole rings is 1. The molecule has 1 aliphatic heterocycles. The number of aryl methyl sites for hydroxylation is 1. The van der Waals surface area contributed by atoms with Crippen LogP contribution in [0, 0.1) is 0 Å². The Morgan fingerprint density at radius 3 is 2.73 bits per heavy atom. The first-order valence-corrected chi connectivity index (χ1v) is 10.8. The average molecular weight is 441 g/mol. The Morgan fingerprint density at radius 1 is 1.09 bits per heavy atom. The van der Waals surface area contributed by atoms with Crippen molar-refractivity contribution >= 4 is 28.7 Å². The van der Waals surface area contributed by atoms with E-state index in [0.717, 1.165) is 18.5 Å². The molecule has 0 radical (unpaired) electrons. The van der Waals surface area contributed by atoms with Crippen molar-refractivity contribution in [1.29, 1.82) is 0 Å². The summed E-state index contributed by atoms with van der Waals surface area (Å²) in [6.07, 6.45) is 6.20. The zero-order chi connectivity index (χ0) is 22.6. The summed E-state index contributed by atoms with van der Waals surface area (Å²) in [5, 5.41) is 5.77. The van der Waals surface area contributed by atoms with Gasteiger partial charge in [-0.15, -0.1) is 0 Å². The highest BCUT2D eigenvalue weighted by Crippen LogP contribution is 2.30. The molecule has 0 unspecified atom stereocenters. The summed E-state index contributed by atoms with van der Waals surface area (Å²) in [7, 11) is 0. The maximum absolute atomic E-state index is 12.7. The molecule has 2 aromatic carbocycles. The number of rotatable bonds is 7. The molecular formula is C24H23N7O2. The fourth-order valence-corrected chi connectivity index (χ4v) is 3.80. The quantitative estimate of drug-likeness (QED) is 0.426. The molecule has 1 saturated heterocycles. The minimum atomic E-state index is -0.149. The molecule has 3 heterocycles. The fourth-order valence-electron chi connectivity index (χ4n) is 3.80.